The van der Waals surface area contributed by atoms with Gasteiger partial charge in [-0.1, -0.05) is 52.5 Å². The van der Waals surface area contributed by atoms with E-state index < -0.39 is 11.4 Å². The van der Waals surface area contributed by atoms with E-state index in [1.54, 1.807) is 35.1 Å². The van der Waals surface area contributed by atoms with Gasteiger partial charge in [0.15, 0.2) is 0 Å². The highest BCUT2D eigenvalue weighted by molar-refractivity contribution is 6.01. The topological polar surface area (TPSA) is 98.8 Å². The first-order valence-corrected chi connectivity index (χ1v) is 11.8. The molecule has 1 fully saturated rings. The van der Waals surface area contributed by atoms with Gasteiger partial charge in [-0.2, -0.15) is 0 Å². The number of imide groups is 1. The van der Waals surface area contributed by atoms with E-state index in [-0.39, 0.29) is 24.3 Å². The Bertz CT molecular complexity index is 752. The summed E-state index contributed by atoms with van der Waals surface area (Å²) in [6.07, 6.45) is 6.75. The molecule has 0 spiro atoms. The number of hydrogen-bond acceptors (Lipinski definition) is 5. The van der Waals surface area contributed by atoms with Crippen LogP contribution in [0.15, 0.2) is 36.0 Å². The number of nitrogens with one attached hydrogen (secondary N) is 2. The fourth-order valence-electron chi connectivity index (χ4n) is 4.27. The van der Waals surface area contributed by atoms with Crippen molar-refractivity contribution in [3.8, 4) is 0 Å². The van der Waals surface area contributed by atoms with E-state index in [0.717, 1.165) is 5.57 Å². The van der Waals surface area contributed by atoms with Crippen LogP contribution in [0.3, 0.4) is 0 Å². The fraction of sp³-hybridized carbons (Fsp3) is 0.600. The van der Waals surface area contributed by atoms with Gasteiger partial charge in [0.1, 0.15) is 5.54 Å². The molecule has 4 amide bonds. The zero-order valence-corrected chi connectivity index (χ0v) is 21.4. The van der Waals surface area contributed by atoms with Gasteiger partial charge in [0.05, 0.1) is 0 Å². The normalized spacial score (nSPS) is 18.1. The summed E-state index contributed by atoms with van der Waals surface area (Å²) < 4.78 is 0. The number of allylic oxidation sites excluding steroid dienone is 1. The minimum absolute atomic E-state index is 0.00129. The number of carbonyl (C=O) groups excluding carboxylic acids is 4. The molecule has 0 aromatic heterocycles. The van der Waals surface area contributed by atoms with Crippen LogP contribution in [-0.2, 0) is 19.2 Å². The molecule has 186 valence electrons. The van der Waals surface area contributed by atoms with E-state index in [1.165, 1.54) is 6.92 Å². The molecule has 2 rings (SSSR count). The largest absolute Gasteiger partial charge is 0.343 e. The Kier molecular flexibility index (Phi) is 13.9. The maximum atomic E-state index is 13.0. The molecule has 0 aromatic rings. The standard InChI is InChI=1S/C21H30N4O4.2C2H6/c1-5-7-18-16(6-2)12-25(19(18)28)13-21(22-4,20(29)23-14-26)17-8-10-24(11-9-17)15(3)27;2*1-2/h5-7,14,17,22H,2,8-13H2,1,3-4H3,(H,23,26,29);2*1-2H3/b7-5-;;. The van der Waals surface area contributed by atoms with Crippen LogP contribution in [0.25, 0.3) is 0 Å². The smallest absolute Gasteiger partial charge is 0.254 e. The molecule has 2 aliphatic rings. The lowest BCUT2D eigenvalue weighted by Gasteiger charge is -2.44. The second-order valence-electron chi connectivity index (χ2n) is 7.40. The van der Waals surface area contributed by atoms with Crippen LogP contribution in [-0.4, -0.2) is 72.7 Å². The first-order valence-electron chi connectivity index (χ1n) is 11.8. The van der Waals surface area contributed by atoms with Crippen LogP contribution >= 0.6 is 0 Å². The third-order valence-corrected chi connectivity index (χ3v) is 5.92. The van der Waals surface area contributed by atoms with Gasteiger partial charge < -0.3 is 15.1 Å². The number of likely N-dealkylation sites (N-methyl/N-ethyl adjacent to an activating group) is 1. The van der Waals surface area contributed by atoms with E-state index in [4.69, 9.17) is 0 Å². The highest BCUT2D eigenvalue weighted by Crippen LogP contribution is 2.32. The summed E-state index contributed by atoms with van der Waals surface area (Å²) in [5.41, 5.74) is 0.229. The Labute approximate surface area is 199 Å². The Morgan fingerprint density at radius 3 is 2.18 bits per heavy atom. The van der Waals surface area contributed by atoms with Crippen LogP contribution < -0.4 is 10.6 Å². The quantitative estimate of drug-likeness (QED) is 0.540. The summed E-state index contributed by atoms with van der Waals surface area (Å²) >= 11 is 0. The molecule has 8 nitrogen and oxygen atoms in total. The number of nitrogens with zero attached hydrogens (tertiary/aromatic N) is 2. The second-order valence-corrected chi connectivity index (χ2v) is 7.40. The van der Waals surface area contributed by atoms with Crippen LogP contribution in [0.5, 0.6) is 0 Å². The number of hydrogen-bond donors (Lipinski definition) is 2. The third kappa shape index (κ3) is 7.12. The van der Waals surface area contributed by atoms with Gasteiger partial charge in [0.25, 0.3) is 5.91 Å². The Morgan fingerprint density at radius 1 is 1.18 bits per heavy atom. The maximum Gasteiger partial charge on any atom is 0.254 e. The number of likely N-dealkylation sites (tertiary alicyclic amines) is 1. The number of carbonyl (C=O) groups is 4. The van der Waals surface area contributed by atoms with E-state index in [0.29, 0.717) is 44.5 Å². The van der Waals surface area contributed by atoms with Gasteiger partial charge >= 0.3 is 0 Å². The van der Waals surface area contributed by atoms with E-state index in [9.17, 15) is 19.2 Å². The zero-order valence-electron chi connectivity index (χ0n) is 21.4. The molecule has 0 radical (unpaired) electrons. The molecule has 0 aromatic carbocycles. The molecule has 0 saturated carbocycles. The molecular formula is C25H42N4O4. The first-order chi connectivity index (χ1) is 15.8. The number of amides is 4. The van der Waals surface area contributed by atoms with Crippen molar-refractivity contribution in [3.05, 3.63) is 36.0 Å². The Hall–Kier alpha value is -2.74. The van der Waals surface area contributed by atoms with Crippen LogP contribution in [0.4, 0.5) is 0 Å². The van der Waals surface area contributed by atoms with Gasteiger partial charge in [-0.3, -0.25) is 24.5 Å². The van der Waals surface area contributed by atoms with Crippen molar-refractivity contribution in [1.29, 1.82) is 0 Å². The molecule has 0 bridgehead atoms. The summed E-state index contributed by atoms with van der Waals surface area (Å²) in [7, 11) is 1.66. The van der Waals surface area contributed by atoms with Crippen molar-refractivity contribution in [2.75, 3.05) is 33.2 Å². The minimum Gasteiger partial charge on any atom is -0.343 e. The van der Waals surface area contributed by atoms with Crippen molar-refractivity contribution in [2.24, 2.45) is 5.92 Å². The lowest BCUT2D eigenvalue weighted by atomic mass is 9.76. The summed E-state index contributed by atoms with van der Waals surface area (Å²) in [5, 5.41) is 5.38. The van der Waals surface area contributed by atoms with Crippen molar-refractivity contribution in [1.82, 2.24) is 20.4 Å². The molecule has 33 heavy (non-hydrogen) atoms. The average Bonchev–Trinajstić information content (AvgIpc) is 3.14. The van der Waals surface area contributed by atoms with Gasteiger partial charge in [-0.15, -0.1) is 0 Å². The first kappa shape index (κ1) is 30.3. The van der Waals surface area contributed by atoms with E-state index in [1.807, 2.05) is 34.6 Å². The Balaban J connectivity index is 0.00000242. The highest BCUT2D eigenvalue weighted by atomic mass is 16.2. The van der Waals surface area contributed by atoms with Gasteiger partial charge in [0.2, 0.25) is 18.2 Å². The number of piperidine rings is 1. The molecule has 1 saturated heterocycles. The predicted molar refractivity (Wildman–Crippen MR) is 132 cm³/mol. The second kappa shape index (κ2) is 15.2. The van der Waals surface area contributed by atoms with Crippen molar-refractivity contribution < 1.29 is 19.2 Å². The summed E-state index contributed by atoms with van der Waals surface area (Å²) in [4.78, 5) is 52.0. The molecule has 2 heterocycles. The maximum absolute atomic E-state index is 13.0. The molecule has 1 atom stereocenters. The molecule has 0 aliphatic carbocycles. The van der Waals surface area contributed by atoms with Gasteiger partial charge in [-0.25, -0.2) is 0 Å². The molecule has 2 N–H and O–H groups in total. The van der Waals surface area contributed by atoms with Crippen LogP contribution in [0.1, 0.15) is 54.4 Å². The van der Waals surface area contributed by atoms with E-state index >= 15 is 0 Å². The van der Waals surface area contributed by atoms with Crippen molar-refractivity contribution in [3.63, 3.8) is 0 Å². The highest BCUT2D eigenvalue weighted by Gasteiger charge is 2.48. The molecule has 8 heteroatoms. The minimum atomic E-state index is -1.14. The summed E-state index contributed by atoms with van der Waals surface area (Å²) in [6.45, 7) is 16.7. The number of rotatable bonds is 8. The van der Waals surface area contributed by atoms with Crippen LogP contribution in [0, 0.1) is 5.92 Å². The SMILES string of the molecule is C=CC1=C(/C=C\C)C(=O)N(CC(NC)(C(=O)NC=O)C2CCN(C(C)=O)CC2)C1.CC.CC. The van der Waals surface area contributed by atoms with Gasteiger partial charge in [0, 0.05) is 38.7 Å². The van der Waals surface area contributed by atoms with Crippen molar-refractivity contribution >= 4 is 24.1 Å². The predicted octanol–water partition coefficient (Wildman–Crippen LogP) is 2.43. The van der Waals surface area contributed by atoms with Crippen molar-refractivity contribution in [2.45, 2.75) is 59.9 Å². The fourth-order valence-corrected chi connectivity index (χ4v) is 4.27. The van der Waals surface area contributed by atoms with E-state index in [2.05, 4.69) is 17.2 Å². The molecular weight excluding hydrogens is 420 g/mol. The molecule has 1 unspecified atom stereocenters. The lowest BCUT2D eigenvalue weighted by molar-refractivity contribution is -0.137. The summed E-state index contributed by atoms with van der Waals surface area (Å²) in [5.74, 6) is -0.781. The lowest BCUT2D eigenvalue weighted by Crippen LogP contribution is -2.67. The zero-order chi connectivity index (χ0) is 25.6. The van der Waals surface area contributed by atoms with Gasteiger partial charge in [-0.05, 0) is 38.3 Å². The third-order valence-electron chi connectivity index (χ3n) is 5.92. The monoisotopic (exact) mass is 462 g/mol. The molecule has 2 aliphatic heterocycles. The van der Waals surface area contributed by atoms with Crippen LogP contribution in [0.2, 0.25) is 0 Å². The Morgan fingerprint density at radius 2 is 1.76 bits per heavy atom. The average molecular weight is 463 g/mol. The summed E-state index contributed by atoms with van der Waals surface area (Å²) in [6, 6.07) is 0.